The van der Waals surface area contributed by atoms with Gasteiger partial charge in [0.15, 0.2) is 0 Å². The summed E-state index contributed by atoms with van der Waals surface area (Å²) >= 11 is 0. The standard InChI is InChI=1S/C10H11N3/c1-3-5-7-9(6-4-2)10-8-11-13-12-10/h3-8H,1-2H2,(H,11,12,13)/b7-5-,9-6+. The molecule has 0 radical (unpaired) electrons. The summed E-state index contributed by atoms with van der Waals surface area (Å²) in [6, 6.07) is 0. The zero-order chi connectivity index (χ0) is 9.52. The van der Waals surface area contributed by atoms with Gasteiger partial charge in [0.1, 0.15) is 5.69 Å². The van der Waals surface area contributed by atoms with Gasteiger partial charge in [-0.2, -0.15) is 0 Å². The smallest absolute Gasteiger partial charge is 0.112 e. The van der Waals surface area contributed by atoms with E-state index in [4.69, 9.17) is 0 Å². The zero-order valence-corrected chi connectivity index (χ0v) is 7.27. The number of rotatable bonds is 4. The summed E-state index contributed by atoms with van der Waals surface area (Å²) in [4.78, 5) is 0. The molecule has 1 heterocycles. The van der Waals surface area contributed by atoms with Gasteiger partial charge in [-0.15, -0.1) is 5.10 Å². The van der Waals surface area contributed by atoms with E-state index in [1.54, 1.807) is 18.3 Å². The summed E-state index contributed by atoms with van der Waals surface area (Å²) in [5.74, 6) is 0. The maximum absolute atomic E-state index is 3.88. The molecule has 0 atom stereocenters. The second-order valence-corrected chi connectivity index (χ2v) is 2.31. The fraction of sp³-hybridized carbons (Fsp3) is 0. The van der Waals surface area contributed by atoms with Gasteiger partial charge in [0.2, 0.25) is 0 Å². The molecule has 1 N–H and O–H groups in total. The Labute approximate surface area is 77.2 Å². The summed E-state index contributed by atoms with van der Waals surface area (Å²) < 4.78 is 0. The van der Waals surface area contributed by atoms with Crippen molar-refractivity contribution in [1.82, 2.24) is 15.4 Å². The monoisotopic (exact) mass is 173 g/mol. The van der Waals surface area contributed by atoms with Crippen LogP contribution in [0, 0.1) is 0 Å². The summed E-state index contributed by atoms with van der Waals surface area (Å²) in [5.41, 5.74) is 1.74. The van der Waals surface area contributed by atoms with E-state index in [0.717, 1.165) is 11.3 Å². The lowest BCUT2D eigenvalue weighted by atomic mass is 10.1. The van der Waals surface area contributed by atoms with Gasteiger partial charge in [-0.3, -0.25) is 5.10 Å². The molecule has 1 aromatic rings. The highest BCUT2D eigenvalue weighted by molar-refractivity contribution is 5.72. The molecule has 13 heavy (non-hydrogen) atoms. The lowest BCUT2D eigenvalue weighted by molar-refractivity contribution is 0.936. The largest absolute Gasteiger partial charge is 0.265 e. The highest BCUT2D eigenvalue weighted by Crippen LogP contribution is 2.11. The van der Waals surface area contributed by atoms with Crippen molar-refractivity contribution in [2.24, 2.45) is 0 Å². The number of H-pyrrole nitrogens is 1. The van der Waals surface area contributed by atoms with Gasteiger partial charge in [0.05, 0.1) is 0 Å². The Morgan fingerprint density at radius 2 is 2.23 bits per heavy atom. The van der Waals surface area contributed by atoms with Crippen molar-refractivity contribution in [3.63, 3.8) is 0 Å². The highest BCUT2D eigenvalue weighted by Gasteiger charge is 1.98. The third-order valence-corrected chi connectivity index (χ3v) is 1.42. The molecule has 3 nitrogen and oxygen atoms in total. The van der Waals surface area contributed by atoms with Crippen LogP contribution in [-0.2, 0) is 0 Å². The minimum atomic E-state index is 0.790. The van der Waals surface area contributed by atoms with Crippen LogP contribution in [0.15, 0.2) is 49.7 Å². The van der Waals surface area contributed by atoms with E-state index < -0.39 is 0 Å². The molecule has 0 bridgehead atoms. The van der Waals surface area contributed by atoms with Gasteiger partial charge in [-0.1, -0.05) is 48.8 Å². The first-order valence-electron chi connectivity index (χ1n) is 3.87. The fourth-order valence-corrected chi connectivity index (χ4v) is 0.868. The number of hydrogen-bond acceptors (Lipinski definition) is 2. The first-order valence-corrected chi connectivity index (χ1v) is 3.87. The van der Waals surface area contributed by atoms with E-state index in [2.05, 4.69) is 28.6 Å². The van der Waals surface area contributed by atoms with Crippen molar-refractivity contribution in [2.45, 2.75) is 0 Å². The van der Waals surface area contributed by atoms with E-state index >= 15 is 0 Å². The van der Waals surface area contributed by atoms with E-state index in [9.17, 15) is 0 Å². The van der Waals surface area contributed by atoms with Gasteiger partial charge in [-0.25, -0.2) is 0 Å². The summed E-state index contributed by atoms with van der Waals surface area (Å²) in [5, 5.41) is 10.2. The second kappa shape index (κ2) is 4.87. The molecule has 0 aromatic carbocycles. The number of nitrogens with zero attached hydrogens (tertiary/aromatic N) is 2. The molecule has 1 aromatic heterocycles. The maximum atomic E-state index is 3.88. The molecule has 0 unspecified atom stereocenters. The average Bonchev–Trinajstić information content (AvgIpc) is 2.65. The SMILES string of the molecule is C=C/C=C\C(=C/C=C)c1c[nH]nn1. The van der Waals surface area contributed by atoms with Crippen LogP contribution < -0.4 is 0 Å². The molecule has 0 saturated carbocycles. The van der Waals surface area contributed by atoms with Crippen LogP contribution in [0.3, 0.4) is 0 Å². The van der Waals surface area contributed by atoms with Crippen LogP contribution in [0.1, 0.15) is 5.69 Å². The molecule has 0 saturated heterocycles. The topological polar surface area (TPSA) is 41.6 Å². The number of aromatic amines is 1. The Morgan fingerprint density at radius 1 is 1.38 bits per heavy atom. The zero-order valence-electron chi connectivity index (χ0n) is 7.27. The van der Waals surface area contributed by atoms with Crippen molar-refractivity contribution in [2.75, 3.05) is 0 Å². The number of aromatic nitrogens is 3. The minimum Gasteiger partial charge on any atom is -0.265 e. The van der Waals surface area contributed by atoms with Gasteiger partial charge >= 0.3 is 0 Å². The lowest BCUT2D eigenvalue weighted by Crippen LogP contribution is -1.80. The van der Waals surface area contributed by atoms with Crippen LogP contribution in [-0.4, -0.2) is 15.4 Å². The summed E-state index contributed by atoms with van der Waals surface area (Å²) in [6.07, 6.45) is 10.7. The Bertz CT molecular complexity index is 331. The number of hydrogen-bond donors (Lipinski definition) is 1. The molecular weight excluding hydrogens is 162 g/mol. The fourth-order valence-electron chi connectivity index (χ4n) is 0.868. The number of allylic oxidation sites excluding steroid dienone is 6. The predicted molar refractivity (Wildman–Crippen MR) is 53.9 cm³/mol. The van der Waals surface area contributed by atoms with Crippen LogP contribution in [0.4, 0.5) is 0 Å². The molecule has 0 aliphatic carbocycles. The number of nitrogens with one attached hydrogen (secondary N) is 1. The lowest BCUT2D eigenvalue weighted by Gasteiger charge is -1.92. The van der Waals surface area contributed by atoms with Gasteiger partial charge in [-0.05, 0) is 0 Å². The van der Waals surface area contributed by atoms with Crippen LogP contribution >= 0.6 is 0 Å². The first kappa shape index (κ1) is 9.19. The predicted octanol–water partition coefficient (Wildman–Crippen LogP) is 2.12. The Hall–Kier alpha value is -1.90. The van der Waals surface area contributed by atoms with Crippen molar-refractivity contribution >= 4 is 5.57 Å². The molecule has 1 rings (SSSR count). The summed E-state index contributed by atoms with van der Waals surface area (Å²) in [6.45, 7) is 7.21. The van der Waals surface area contributed by atoms with Gasteiger partial charge in [0, 0.05) is 11.8 Å². The summed E-state index contributed by atoms with van der Waals surface area (Å²) in [7, 11) is 0. The normalized spacial score (nSPS) is 11.8. The van der Waals surface area contributed by atoms with Crippen molar-refractivity contribution < 1.29 is 0 Å². The molecule has 0 spiro atoms. The van der Waals surface area contributed by atoms with Gasteiger partial charge < -0.3 is 0 Å². The molecular formula is C10H11N3. The van der Waals surface area contributed by atoms with Crippen LogP contribution in [0.25, 0.3) is 5.57 Å². The van der Waals surface area contributed by atoms with E-state index in [1.165, 1.54) is 0 Å². The Kier molecular flexibility index (Phi) is 3.45. The van der Waals surface area contributed by atoms with Crippen molar-refractivity contribution in [3.05, 3.63) is 55.4 Å². The molecule has 0 aliphatic heterocycles. The minimum absolute atomic E-state index is 0.790. The van der Waals surface area contributed by atoms with Crippen LogP contribution in [0.2, 0.25) is 0 Å². The third-order valence-electron chi connectivity index (χ3n) is 1.42. The molecule has 0 amide bonds. The van der Waals surface area contributed by atoms with Crippen molar-refractivity contribution in [1.29, 1.82) is 0 Å². The van der Waals surface area contributed by atoms with Crippen molar-refractivity contribution in [3.8, 4) is 0 Å². The molecule has 0 aliphatic rings. The van der Waals surface area contributed by atoms with E-state index in [-0.39, 0.29) is 0 Å². The van der Waals surface area contributed by atoms with Crippen LogP contribution in [0.5, 0.6) is 0 Å². The molecule has 3 heteroatoms. The Morgan fingerprint density at radius 3 is 2.77 bits per heavy atom. The molecule has 66 valence electrons. The average molecular weight is 173 g/mol. The quantitative estimate of drug-likeness (QED) is 0.708. The highest BCUT2D eigenvalue weighted by atomic mass is 15.3. The second-order valence-electron chi connectivity index (χ2n) is 2.31. The Balaban J connectivity index is 2.93. The van der Waals surface area contributed by atoms with E-state index in [0.29, 0.717) is 0 Å². The van der Waals surface area contributed by atoms with Gasteiger partial charge in [0.25, 0.3) is 0 Å². The van der Waals surface area contributed by atoms with E-state index in [1.807, 2.05) is 18.2 Å². The third kappa shape index (κ3) is 2.56. The maximum Gasteiger partial charge on any atom is 0.112 e. The molecule has 0 fully saturated rings. The first-order chi connectivity index (χ1) is 6.38.